The third-order valence-electron chi connectivity index (χ3n) is 3.21. The number of rotatable bonds is 6. The molecule has 1 unspecified atom stereocenters. The van der Waals surface area contributed by atoms with Gasteiger partial charge in [0.2, 0.25) is 0 Å². The van der Waals surface area contributed by atoms with Crippen LogP contribution in [0.15, 0.2) is 30.5 Å². The largest absolute Gasteiger partial charge is 0.398 e. The SMILES string of the molecule is COCC(O)CN(C)Cc1ccc(N)c2cccnc12. The first-order chi connectivity index (χ1) is 9.61. The molecule has 0 bridgehead atoms. The number of methoxy groups -OCH3 is 1. The van der Waals surface area contributed by atoms with Gasteiger partial charge in [0.15, 0.2) is 0 Å². The summed E-state index contributed by atoms with van der Waals surface area (Å²) in [4.78, 5) is 6.46. The van der Waals surface area contributed by atoms with Crippen LogP contribution in [0.3, 0.4) is 0 Å². The molecule has 2 rings (SSSR count). The van der Waals surface area contributed by atoms with Crippen LogP contribution in [-0.2, 0) is 11.3 Å². The minimum absolute atomic E-state index is 0.338. The van der Waals surface area contributed by atoms with Crippen molar-refractivity contribution < 1.29 is 9.84 Å². The van der Waals surface area contributed by atoms with Crippen molar-refractivity contribution >= 4 is 16.6 Å². The number of anilines is 1. The number of pyridine rings is 1. The Hall–Kier alpha value is -1.69. The van der Waals surface area contributed by atoms with Gasteiger partial charge >= 0.3 is 0 Å². The minimum Gasteiger partial charge on any atom is -0.398 e. The number of nitrogen functional groups attached to an aromatic ring is 1. The molecule has 0 aliphatic carbocycles. The molecule has 1 aromatic heterocycles. The quantitative estimate of drug-likeness (QED) is 0.777. The van der Waals surface area contributed by atoms with E-state index in [2.05, 4.69) is 4.98 Å². The zero-order chi connectivity index (χ0) is 14.5. The molecule has 0 saturated heterocycles. The summed E-state index contributed by atoms with van der Waals surface area (Å²) in [5, 5.41) is 10.7. The summed E-state index contributed by atoms with van der Waals surface area (Å²) in [6, 6.07) is 7.75. The lowest BCUT2D eigenvalue weighted by Gasteiger charge is -2.21. The Balaban J connectivity index is 2.15. The van der Waals surface area contributed by atoms with Crippen molar-refractivity contribution in [2.24, 2.45) is 0 Å². The van der Waals surface area contributed by atoms with Crippen LogP contribution in [0, 0.1) is 0 Å². The number of nitrogens with zero attached hydrogens (tertiary/aromatic N) is 2. The zero-order valence-corrected chi connectivity index (χ0v) is 11.9. The lowest BCUT2D eigenvalue weighted by molar-refractivity contribution is 0.0419. The molecule has 0 spiro atoms. The molecule has 0 saturated carbocycles. The van der Waals surface area contributed by atoms with Gasteiger partial charge in [-0.3, -0.25) is 9.88 Å². The van der Waals surface area contributed by atoms with Crippen LogP contribution < -0.4 is 5.73 Å². The summed E-state index contributed by atoms with van der Waals surface area (Å²) in [5.41, 5.74) is 8.72. The summed E-state index contributed by atoms with van der Waals surface area (Å²) >= 11 is 0. The average molecular weight is 275 g/mol. The molecule has 1 aromatic carbocycles. The van der Waals surface area contributed by atoms with E-state index >= 15 is 0 Å². The van der Waals surface area contributed by atoms with Crippen LogP contribution in [0.4, 0.5) is 5.69 Å². The molecule has 5 nitrogen and oxygen atoms in total. The van der Waals surface area contributed by atoms with E-state index in [1.807, 2.05) is 36.2 Å². The van der Waals surface area contributed by atoms with Crippen LogP contribution in [0.1, 0.15) is 5.56 Å². The van der Waals surface area contributed by atoms with E-state index in [0.29, 0.717) is 19.7 Å². The molecule has 108 valence electrons. The van der Waals surface area contributed by atoms with Gasteiger partial charge in [-0.2, -0.15) is 0 Å². The van der Waals surface area contributed by atoms with Crippen LogP contribution in [0.2, 0.25) is 0 Å². The highest BCUT2D eigenvalue weighted by molar-refractivity contribution is 5.92. The fourth-order valence-electron chi connectivity index (χ4n) is 2.34. The summed E-state index contributed by atoms with van der Waals surface area (Å²) in [6.45, 7) is 1.59. The van der Waals surface area contributed by atoms with E-state index in [1.165, 1.54) is 0 Å². The van der Waals surface area contributed by atoms with Crippen LogP contribution in [0.25, 0.3) is 10.9 Å². The average Bonchev–Trinajstić information content (AvgIpc) is 2.42. The highest BCUT2D eigenvalue weighted by Gasteiger charge is 2.11. The lowest BCUT2D eigenvalue weighted by Crippen LogP contribution is -2.31. The first-order valence-electron chi connectivity index (χ1n) is 6.59. The van der Waals surface area contributed by atoms with Crippen LogP contribution >= 0.6 is 0 Å². The normalized spacial score (nSPS) is 13.0. The van der Waals surface area contributed by atoms with Gasteiger partial charge in [-0.05, 0) is 30.8 Å². The molecule has 0 fully saturated rings. The molecule has 2 aromatic rings. The second kappa shape index (κ2) is 6.65. The smallest absolute Gasteiger partial charge is 0.0900 e. The first kappa shape index (κ1) is 14.7. The standard InChI is InChI=1S/C15H21N3O2/c1-18(9-12(19)10-20-2)8-11-5-6-14(16)13-4-3-7-17-15(11)13/h3-7,12,19H,8-10,16H2,1-2H3. The van der Waals surface area contributed by atoms with Gasteiger partial charge in [-0.25, -0.2) is 0 Å². The van der Waals surface area contributed by atoms with Crippen molar-refractivity contribution in [1.29, 1.82) is 0 Å². The molecule has 0 aliphatic heterocycles. The maximum absolute atomic E-state index is 9.75. The Morgan fingerprint density at radius 3 is 2.95 bits per heavy atom. The minimum atomic E-state index is -0.488. The van der Waals surface area contributed by atoms with E-state index in [1.54, 1.807) is 13.3 Å². The Kier molecular flexibility index (Phi) is 4.89. The number of nitrogens with two attached hydrogens (primary N) is 1. The number of hydrogen-bond acceptors (Lipinski definition) is 5. The Morgan fingerprint density at radius 2 is 2.20 bits per heavy atom. The third kappa shape index (κ3) is 3.45. The number of fused-ring (bicyclic) bond motifs is 1. The molecule has 0 aliphatic rings. The molecule has 1 atom stereocenters. The van der Waals surface area contributed by atoms with Crippen LogP contribution in [0.5, 0.6) is 0 Å². The van der Waals surface area contributed by atoms with Crippen molar-refractivity contribution in [2.75, 3.05) is 33.0 Å². The van der Waals surface area contributed by atoms with E-state index < -0.39 is 6.10 Å². The van der Waals surface area contributed by atoms with Crippen LogP contribution in [-0.4, -0.2) is 48.4 Å². The molecule has 0 amide bonds. The van der Waals surface area contributed by atoms with Gasteiger partial charge in [0, 0.05) is 37.5 Å². The maximum Gasteiger partial charge on any atom is 0.0900 e. The third-order valence-corrected chi connectivity index (χ3v) is 3.21. The summed E-state index contributed by atoms with van der Waals surface area (Å²) in [5.74, 6) is 0. The van der Waals surface area contributed by atoms with Crippen molar-refractivity contribution in [2.45, 2.75) is 12.6 Å². The van der Waals surface area contributed by atoms with Crippen molar-refractivity contribution in [3.63, 3.8) is 0 Å². The topological polar surface area (TPSA) is 71.6 Å². The van der Waals surface area contributed by atoms with Crippen molar-refractivity contribution in [1.82, 2.24) is 9.88 Å². The Labute approximate surface area is 119 Å². The van der Waals surface area contributed by atoms with Gasteiger partial charge in [-0.1, -0.05) is 6.07 Å². The lowest BCUT2D eigenvalue weighted by atomic mass is 10.1. The number of aliphatic hydroxyl groups is 1. The maximum atomic E-state index is 9.75. The number of ether oxygens (including phenoxy) is 1. The zero-order valence-electron chi connectivity index (χ0n) is 11.9. The van der Waals surface area contributed by atoms with Gasteiger partial charge in [0.05, 0.1) is 18.2 Å². The number of benzene rings is 1. The van der Waals surface area contributed by atoms with Crippen molar-refractivity contribution in [3.8, 4) is 0 Å². The summed E-state index contributed by atoms with van der Waals surface area (Å²) < 4.78 is 4.94. The molecular weight excluding hydrogens is 254 g/mol. The predicted octanol–water partition coefficient (Wildman–Crippen LogP) is 1.26. The van der Waals surface area contributed by atoms with E-state index in [0.717, 1.165) is 22.2 Å². The van der Waals surface area contributed by atoms with Gasteiger partial charge in [-0.15, -0.1) is 0 Å². The van der Waals surface area contributed by atoms with Gasteiger partial charge in [0.1, 0.15) is 0 Å². The van der Waals surface area contributed by atoms with E-state index in [9.17, 15) is 5.11 Å². The highest BCUT2D eigenvalue weighted by Crippen LogP contribution is 2.23. The molecule has 1 heterocycles. The highest BCUT2D eigenvalue weighted by atomic mass is 16.5. The monoisotopic (exact) mass is 275 g/mol. The number of aromatic nitrogens is 1. The Bertz CT molecular complexity index is 574. The fraction of sp³-hybridized carbons (Fsp3) is 0.400. The van der Waals surface area contributed by atoms with E-state index in [-0.39, 0.29) is 0 Å². The molecule has 3 N–H and O–H groups in total. The van der Waals surface area contributed by atoms with Gasteiger partial charge < -0.3 is 15.6 Å². The number of likely N-dealkylation sites (N-methyl/N-ethyl adjacent to an activating group) is 1. The van der Waals surface area contributed by atoms with E-state index in [4.69, 9.17) is 10.5 Å². The molecular formula is C15H21N3O2. The second-order valence-electron chi connectivity index (χ2n) is 5.02. The Morgan fingerprint density at radius 1 is 1.40 bits per heavy atom. The van der Waals surface area contributed by atoms with Crippen molar-refractivity contribution in [3.05, 3.63) is 36.0 Å². The van der Waals surface area contributed by atoms with Gasteiger partial charge in [0.25, 0.3) is 0 Å². The summed E-state index contributed by atoms with van der Waals surface area (Å²) in [6.07, 6.45) is 1.28. The molecule has 20 heavy (non-hydrogen) atoms. The first-order valence-corrected chi connectivity index (χ1v) is 6.59. The molecule has 0 radical (unpaired) electrons. The summed E-state index contributed by atoms with van der Waals surface area (Å²) in [7, 11) is 3.55. The number of aliphatic hydroxyl groups excluding tert-OH is 1. The molecule has 5 heteroatoms. The number of hydrogen-bond donors (Lipinski definition) is 2. The second-order valence-corrected chi connectivity index (χ2v) is 5.02. The fourth-order valence-corrected chi connectivity index (χ4v) is 2.34. The predicted molar refractivity (Wildman–Crippen MR) is 80.4 cm³/mol.